The Balaban J connectivity index is 3.23. The maximum Gasteiger partial charge on any atom is 0.260 e. The number of amidine groups is 1. The Kier molecular flexibility index (Phi) is 5.35. The highest BCUT2D eigenvalue weighted by Gasteiger charge is 2.37. The molecule has 4 N–H and O–H groups in total. The number of nitrogens with zero attached hydrogens (tertiary/aromatic N) is 3. The van der Waals surface area contributed by atoms with Crippen LogP contribution >= 0.6 is 0 Å². The third kappa shape index (κ3) is 3.35. The fourth-order valence-corrected chi connectivity index (χ4v) is 3.67. The highest BCUT2D eigenvalue weighted by molar-refractivity contribution is 7.89. The normalized spacial score (nSPS) is 13.6. The second-order valence-electron chi connectivity index (χ2n) is 4.79. The van der Waals surface area contributed by atoms with Crippen LogP contribution in [-0.2, 0) is 16.6 Å². The van der Waals surface area contributed by atoms with Crippen molar-refractivity contribution in [2.75, 3.05) is 0 Å². The van der Waals surface area contributed by atoms with Gasteiger partial charge in [-0.3, -0.25) is 0 Å². The molecule has 0 saturated heterocycles. The Morgan fingerprint density at radius 2 is 2.05 bits per heavy atom. The van der Waals surface area contributed by atoms with Gasteiger partial charge in [-0.2, -0.15) is 4.72 Å². The number of oxime groups is 1. The third-order valence-corrected chi connectivity index (χ3v) is 5.11. The molecule has 0 aliphatic rings. The molecule has 21 heavy (non-hydrogen) atoms. The van der Waals surface area contributed by atoms with Crippen molar-refractivity contribution in [2.45, 2.75) is 57.6 Å². The van der Waals surface area contributed by atoms with Crippen molar-refractivity contribution in [1.82, 2.24) is 14.3 Å². The first kappa shape index (κ1) is 17.4. The summed E-state index contributed by atoms with van der Waals surface area (Å²) < 4.78 is 29.2. The zero-order chi connectivity index (χ0) is 16.3. The summed E-state index contributed by atoms with van der Waals surface area (Å²) in [5.74, 6) is 0.447. The van der Waals surface area contributed by atoms with E-state index in [2.05, 4.69) is 14.9 Å². The van der Waals surface area contributed by atoms with Gasteiger partial charge in [0.15, 0.2) is 10.9 Å². The number of aryl methyl sites for hydroxylation is 2. The number of nitrogens with one attached hydrogen (secondary N) is 1. The first-order valence-corrected chi connectivity index (χ1v) is 8.30. The van der Waals surface area contributed by atoms with E-state index in [-0.39, 0.29) is 10.9 Å². The quantitative estimate of drug-likeness (QED) is 0.297. The number of hydrogen-bond donors (Lipinski definition) is 3. The minimum Gasteiger partial charge on any atom is -0.409 e. The minimum absolute atomic E-state index is 0.0705. The van der Waals surface area contributed by atoms with Gasteiger partial charge in [-0.05, 0) is 26.7 Å². The van der Waals surface area contributed by atoms with Crippen molar-refractivity contribution < 1.29 is 13.6 Å². The van der Waals surface area contributed by atoms with Crippen LogP contribution in [0.25, 0.3) is 0 Å². The fourth-order valence-electron chi connectivity index (χ4n) is 2.14. The van der Waals surface area contributed by atoms with Gasteiger partial charge in [-0.25, -0.2) is 13.4 Å². The van der Waals surface area contributed by atoms with Gasteiger partial charge in [-0.1, -0.05) is 19.0 Å². The molecule has 0 aliphatic heterocycles. The molecule has 0 aromatic carbocycles. The van der Waals surface area contributed by atoms with Crippen molar-refractivity contribution in [3.8, 4) is 0 Å². The standard InChI is InChI=1S/C12H23N5O3S/c1-5-12(6-2,11(13)15-18)16-21(19,20)10-8-17(7-3)9(4)14-10/h8,16,18H,5-7H2,1-4H3,(H2,13,15). The minimum atomic E-state index is -3.86. The average Bonchev–Trinajstić information content (AvgIpc) is 2.86. The van der Waals surface area contributed by atoms with Crippen LogP contribution in [0.2, 0.25) is 0 Å². The van der Waals surface area contributed by atoms with Gasteiger partial charge in [0.05, 0.1) is 5.54 Å². The van der Waals surface area contributed by atoms with Gasteiger partial charge in [0.2, 0.25) is 0 Å². The topological polar surface area (TPSA) is 123 Å². The lowest BCUT2D eigenvalue weighted by atomic mass is 9.93. The van der Waals surface area contributed by atoms with E-state index in [0.29, 0.717) is 25.2 Å². The smallest absolute Gasteiger partial charge is 0.260 e. The molecular formula is C12H23N5O3S. The molecule has 120 valence electrons. The Hall–Kier alpha value is -1.61. The Morgan fingerprint density at radius 1 is 1.48 bits per heavy atom. The van der Waals surface area contributed by atoms with Gasteiger partial charge in [0, 0.05) is 12.7 Å². The van der Waals surface area contributed by atoms with Gasteiger partial charge < -0.3 is 15.5 Å². The second-order valence-corrected chi connectivity index (χ2v) is 6.42. The van der Waals surface area contributed by atoms with Crippen molar-refractivity contribution in [3.63, 3.8) is 0 Å². The Labute approximate surface area is 125 Å². The lowest BCUT2D eigenvalue weighted by molar-refractivity contribution is 0.307. The highest BCUT2D eigenvalue weighted by atomic mass is 32.2. The van der Waals surface area contributed by atoms with Crippen molar-refractivity contribution in [1.29, 1.82) is 0 Å². The molecule has 1 aromatic heterocycles. The molecule has 9 heteroatoms. The summed E-state index contributed by atoms with van der Waals surface area (Å²) in [5, 5.41) is 11.8. The monoisotopic (exact) mass is 317 g/mol. The first-order chi connectivity index (χ1) is 9.76. The number of imidazole rings is 1. The van der Waals surface area contributed by atoms with Crippen molar-refractivity contribution in [2.24, 2.45) is 10.9 Å². The van der Waals surface area contributed by atoms with Crippen LogP contribution < -0.4 is 10.5 Å². The summed E-state index contributed by atoms with van der Waals surface area (Å²) in [6, 6.07) is 0. The molecule has 0 unspecified atom stereocenters. The molecular weight excluding hydrogens is 294 g/mol. The van der Waals surface area contributed by atoms with Crippen LogP contribution in [0.15, 0.2) is 16.4 Å². The molecule has 0 fully saturated rings. The summed E-state index contributed by atoms with van der Waals surface area (Å²) in [6.45, 7) is 7.79. The van der Waals surface area contributed by atoms with E-state index in [4.69, 9.17) is 10.9 Å². The summed E-state index contributed by atoms with van der Waals surface area (Å²) >= 11 is 0. The SMILES string of the molecule is CCn1cc(S(=O)(=O)NC(CC)(CC)C(N)=NO)nc1C. The van der Waals surface area contributed by atoms with Crippen LogP contribution in [-0.4, -0.2) is 34.6 Å². The maximum absolute atomic E-state index is 12.5. The van der Waals surface area contributed by atoms with Gasteiger partial charge in [0.25, 0.3) is 10.0 Å². The van der Waals surface area contributed by atoms with Gasteiger partial charge >= 0.3 is 0 Å². The van der Waals surface area contributed by atoms with Crippen LogP contribution in [0.4, 0.5) is 0 Å². The molecule has 8 nitrogen and oxygen atoms in total. The van der Waals surface area contributed by atoms with E-state index < -0.39 is 15.6 Å². The molecule has 0 aliphatic carbocycles. The molecule has 0 spiro atoms. The first-order valence-electron chi connectivity index (χ1n) is 6.82. The van der Waals surface area contributed by atoms with E-state index >= 15 is 0 Å². The summed E-state index contributed by atoms with van der Waals surface area (Å²) in [7, 11) is -3.86. The van der Waals surface area contributed by atoms with Gasteiger partial charge in [0.1, 0.15) is 5.82 Å². The van der Waals surface area contributed by atoms with Gasteiger partial charge in [-0.15, -0.1) is 0 Å². The zero-order valence-corrected chi connectivity index (χ0v) is 13.6. The lowest BCUT2D eigenvalue weighted by Gasteiger charge is -2.30. The largest absolute Gasteiger partial charge is 0.409 e. The maximum atomic E-state index is 12.5. The lowest BCUT2D eigenvalue weighted by Crippen LogP contribution is -2.56. The van der Waals surface area contributed by atoms with Crippen LogP contribution in [0.1, 0.15) is 39.4 Å². The van der Waals surface area contributed by atoms with E-state index in [0.717, 1.165) is 0 Å². The second kappa shape index (κ2) is 6.44. The number of sulfonamides is 1. The molecule has 1 aromatic rings. The van der Waals surface area contributed by atoms with E-state index in [1.807, 2.05) is 6.92 Å². The van der Waals surface area contributed by atoms with E-state index in [9.17, 15) is 8.42 Å². The zero-order valence-electron chi connectivity index (χ0n) is 12.8. The van der Waals surface area contributed by atoms with E-state index in [1.165, 1.54) is 6.20 Å². The fraction of sp³-hybridized carbons (Fsp3) is 0.667. The number of rotatable bonds is 7. The number of nitrogens with two attached hydrogens (primary N) is 1. The van der Waals surface area contributed by atoms with Crippen molar-refractivity contribution >= 4 is 15.9 Å². The van der Waals surface area contributed by atoms with Crippen LogP contribution in [0.5, 0.6) is 0 Å². The molecule has 1 heterocycles. The Bertz CT molecular complexity index is 617. The summed E-state index contributed by atoms with van der Waals surface area (Å²) in [6.07, 6.45) is 2.18. The Morgan fingerprint density at radius 3 is 2.43 bits per heavy atom. The predicted molar refractivity (Wildman–Crippen MR) is 79.7 cm³/mol. The number of hydrogen-bond acceptors (Lipinski definition) is 5. The summed E-state index contributed by atoms with van der Waals surface area (Å²) in [5.41, 5.74) is 4.54. The average molecular weight is 317 g/mol. The number of aromatic nitrogens is 2. The third-order valence-electron chi connectivity index (χ3n) is 3.70. The molecule has 0 bridgehead atoms. The molecule has 0 atom stereocenters. The molecule has 1 rings (SSSR count). The van der Waals surface area contributed by atoms with Crippen LogP contribution in [0, 0.1) is 6.92 Å². The van der Waals surface area contributed by atoms with Crippen molar-refractivity contribution in [3.05, 3.63) is 12.0 Å². The molecule has 0 amide bonds. The highest BCUT2D eigenvalue weighted by Crippen LogP contribution is 2.20. The van der Waals surface area contributed by atoms with E-state index in [1.54, 1.807) is 25.3 Å². The predicted octanol–water partition coefficient (Wildman–Crippen LogP) is 0.795. The van der Waals surface area contributed by atoms with Crippen LogP contribution in [0.3, 0.4) is 0 Å². The molecule has 0 radical (unpaired) electrons. The molecule has 0 saturated carbocycles. The summed E-state index contributed by atoms with van der Waals surface area (Å²) in [4.78, 5) is 4.06.